The van der Waals surface area contributed by atoms with Gasteiger partial charge in [0.25, 0.3) is 9.05 Å². The number of hydrogen-bond acceptors (Lipinski definition) is 5. The molecule has 0 heterocycles. The van der Waals surface area contributed by atoms with Gasteiger partial charge in [-0.1, -0.05) is 9.64 Å². The molecule has 58 valence electrons. The molecule has 0 radical (unpaired) electrons. The Bertz CT molecular complexity index is 189. The molecule has 0 fully saturated rings. The largest absolute Gasteiger partial charge is 0.459 e. The third-order valence-electron chi connectivity index (χ3n) is 0. The summed E-state index contributed by atoms with van der Waals surface area (Å²) in [6.07, 6.45) is 0. The highest BCUT2D eigenvalue weighted by molar-refractivity contribution is 8.26. The Morgan fingerprint density at radius 3 is 1.44 bits per heavy atom. The van der Waals surface area contributed by atoms with Gasteiger partial charge in [0, 0.05) is 11.2 Å². The van der Waals surface area contributed by atoms with Crippen LogP contribution in [0.25, 0.3) is 0 Å². The lowest BCUT2D eigenvalue weighted by Gasteiger charge is -1.73. The van der Waals surface area contributed by atoms with E-state index in [1.807, 2.05) is 0 Å². The normalized spacial score (nSPS) is 10.2. The van der Waals surface area contributed by atoms with Gasteiger partial charge in [0.05, 0.1) is 0 Å². The van der Waals surface area contributed by atoms with Crippen LogP contribution in [0.15, 0.2) is 0 Å². The van der Waals surface area contributed by atoms with Gasteiger partial charge in [-0.2, -0.15) is 4.21 Å². The van der Waals surface area contributed by atoms with Crippen LogP contribution in [0, 0.1) is 0 Å². The molecule has 9 heteroatoms. The summed E-state index contributed by atoms with van der Waals surface area (Å²) in [5.41, 5.74) is 0. The molecule has 0 aromatic carbocycles. The van der Waals surface area contributed by atoms with Crippen LogP contribution in [0.4, 0.5) is 0 Å². The van der Waals surface area contributed by atoms with E-state index in [2.05, 4.69) is 22.4 Å². The molecule has 5 nitrogen and oxygen atoms in total. The first kappa shape index (κ1) is 12.3. The summed E-state index contributed by atoms with van der Waals surface area (Å²) >= 11 is 7.11. The highest BCUT2D eigenvalue weighted by Gasteiger charge is 1.78. The van der Waals surface area contributed by atoms with Crippen molar-refractivity contribution in [3.8, 4) is 0 Å². The fraction of sp³-hybridized carbons (Fsp3) is 0. The maximum atomic E-state index is 9.11. The summed E-state index contributed by atoms with van der Waals surface area (Å²) < 4.78 is 40.2. The lowest BCUT2D eigenvalue weighted by molar-refractivity contribution is 0.450. The van der Waals surface area contributed by atoms with Crippen LogP contribution in [0.5, 0.6) is 0 Å². The van der Waals surface area contributed by atoms with Crippen molar-refractivity contribution in [3.05, 3.63) is 0 Å². The molecule has 0 unspecified atom stereocenters. The van der Waals surface area contributed by atoms with E-state index in [0.29, 0.717) is 0 Å². The van der Waals surface area contributed by atoms with Crippen molar-refractivity contribution in [3.63, 3.8) is 0 Å². The van der Waals surface area contributed by atoms with Crippen LogP contribution < -0.4 is 0 Å². The SMILES string of the molecule is O=S(O)(O)=S.O=[S-](O)=S. The molecule has 0 rings (SSSR count). The first-order chi connectivity index (χ1) is 3.73. The molecule has 0 bridgehead atoms. The van der Waals surface area contributed by atoms with Crippen molar-refractivity contribution in [2.75, 3.05) is 0 Å². The second-order valence-corrected chi connectivity index (χ2v) is 4.15. The van der Waals surface area contributed by atoms with E-state index in [9.17, 15) is 0 Å². The van der Waals surface area contributed by atoms with Crippen molar-refractivity contribution in [1.82, 2.24) is 0 Å². The Morgan fingerprint density at radius 2 is 1.44 bits per heavy atom. The second-order valence-electron chi connectivity index (χ2n) is 0.665. The zero-order chi connectivity index (χ0) is 8.08. The van der Waals surface area contributed by atoms with Gasteiger partial charge in [0.1, 0.15) is 0 Å². The van der Waals surface area contributed by atoms with Crippen molar-refractivity contribution in [2.24, 2.45) is 0 Å². The summed E-state index contributed by atoms with van der Waals surface area (Å²) in [5, 5.41) is 0. The van der Waals surface area contributed by atoms with E-state index in [0.717, 1.165) is 0 Å². The van der Waals surface area contributed by atoms with Gasteiger partial charge >= 0.3 is 0 Å². The summed E-state index contributed by atoms with van der Waals surface area (Å²) in [7, 11) is -5.86. The van der Waals surface area contributed by atoms with Gasteiger partial charge in [0.2, 0.25) is 0 Å². The van der Waals surface area contributed by atoms with Crippen LogP contribution in [0.3, 0.4) is 0 Å². The average Bonchev–Trinajstić information content (AvgIpc) is 1.19. The van der Waals surface area contributed by atoms with Crippen molar-refractivity contribution in [1.29, 1.82) is 0 Å². The fourth-order valence-corrected chi connectivity index (χ4v) is 0. The van der Waals surface area contributed by atoms with Crippen molar-refractivity contribution < 1.29 is 22.1 Å². The third-order valence-corrected chi connectivity index (χ3v) is 0. The van der Waals surface area contributed by atoms with Gasteiger partial charge in [-0.3, -0.25) is 9.11 Å². The minimum Gasteiger partial charge on any atom is -0.459 e. The van der Waals surface area contributed by atoms with E-state index in [4.69, 9.17) is 22.1 Å². The fourth-order valence-electron chi connectivity index (χ4n) is 0. The van der Waals surface area contributed by atoms with Crippen LogP contribution >= 0.6 is 0 Å². The average molecular weight is 211 g/mol. The molecule has 0 atom stereocenters. The predicted octanol–water partition coefficient (Wildman–Crippen LogP) is -0.436. The standard InChI is InChI=1S/H2O3S2.HO2S2/c1-5(2,3)4;1-4(2)3/h(H2,1,2,3,4);(H,1,2,3)/q;-1. The molecule has 0 aliphatic rings. The second kappa shape index (κ2) is 5.41. The minimum atomic E-state index is -3.83. The third kappa shape index (κ3) is 983. The van der Waals surface area contributed by atoms with E-state index in [1.165, 1.54) is 0 Å². The first-order valence-corrected chi connectivity index (χ1v) is 5.64. The maximum absolute atomic E-state index is 9.11. The van der Waals surface area contributed by atoms with Crippen LogP contribution in [0.2, 0.25) is 0 Å². The van der Waals surface area contributed by atoms with E-state index >= 15 is 0 Å². The Labute approximate surface area is 63.3 Å². The molecule has 0 saturated heterocycles. The Balaban J connectivity index is 0. The zero-order valence-corrected chi connectivity index (χ0v) is 7.06. The van der Waals surface area contributed by atoms with Gasteiger partial charge in [-0.05, 0) is 0 Å². The zero-order valence-electron chi connectivity index (χ0n) is 3.79. The Hall–Kier alpha value is 0.620. The van der Waals surface area contributed by atoms with E-state index in [-0.39, 0.29) is 0 Å². The lowest BCUT2D eigenvalue weighted by atomic mass is 15.8. The molecule has 0 spiro atoms. The molecule has 3 N–H and O–H groups in total. The first-order valence-electron chi connectivity index (χ1n) is 1.21. The number of hydrogen-bond donors (Lipinski definition) is 3. The molecule has 0 aromatic rings. The van der Waals surface area contributed by atoms with E-state index in [1.54, 1.807) is 0 Å². The highest BCUT2D eigenvalue weighted by atomic mass is 32.9. The van der Waals surface area contributed by atoms with Crippen molar-refractivity contribution in [2.45, 2.75) is 0 Å². The van der Waals surface area contributed by atoms with Gasteiger partial charge in [-0.25, -0.2) is 11.2 Å². The summed E-state index contributed by atoms with van der Waals surface area (Å²) in [5.74, 6) is 0. The topological polar surface area (TPSA) is 94.8 Å². The summed E-state index contributed by atoms with van der Waals surface area (Å²) in [6, 6.07) is 0. The maximum Gasteiger partial charge on any atom is 0.263 e. The van der Waals surface area contributed by atoms with Crippen LogP contribution in [0.1, 0.15) is 0 Å². The number of rotatable bonds is 0. The summed E-state index contributed by atoms with van der Waals surface area (Å²) in [6.45, 7) is 0. The van der Waals surface area contributed by atoms with Gasteiger partial charge in [-0.15, -0.1) is 0 Å². The molecule has 0 aromatic heterocycles. The lowest BCUT2D eigenvalue weighted by Crippen LogP contribution is -1.86. The summed E-state index contributed by atoms with van der Waals surface area (Å²) in [4.78, 5) is 0. The minimum absolute atomic E-state index is 2.03. The molecule has 9 heavy (non-hydrogen) atoms. The van der Waals surface area contributed by atoms with Crippen molar-refractivity contribution >= 4 is 41.1 Å². The predicted molar refractivity (Wildman–Crippen MR) is 38.8 cm³/mol. The monoisotopic (exact) mass is 211 g/mol. The molecule has 0 amide bonds. The Morgan fingerprint density at radius 1 is 1.44 bits per heavy atom. The molecule has 0 aliphatic carbocycles. The smallest absolute Gasteiger partial charge is 0.263 e. The highest BCUT2D eigenvalue weighted by Crippen LogP contribution is 1.62. The quantitative estimate of drug-likeness (QED) is 0.369. The van der Waals surface area contributed by atoms with Gasteiger partial charge < -0.3 is 8.76 Å². The Kier molecular flexibility index (Phi) is 7.40. The van der Waals surface area contributed by atoms with Crippen LogP contribution in [-0.4, -0.2) is 17.9 Å². The van der Waals surface area contributed by atoms with Gasteiger partial charge in [0.15, 0.2) is 0 Å². The molecule has 0 saturated carbocycles. The van der Waals surface area contributed by atoms with Crippen LogP contribution in [-0.2, 0) is 45.3 Å². The molecular formula is H3O5S4-. The molecule has 0 aliphatic heterocycles. The van der Waals surface area contributed by atoms with E-state index < -0.39 is 18.7 Å². The molecular weight excluding hydrogens is 208 g/mol.